The predicted molar refractivity (Wildman–Crippen MR) is 82.8 cm³/mol. The number of carboxylic acids is 1. The summed E-state index contributed by atoms with van der Waals surface area (Å²) in [6.45, 7) is 6.37. The molecule has 0 aromatic carbocycles. The Hall–Kier alpha value is -1.10. The molecule has 5 heteroatoms. The maximum absolute atomic E-state index is 12.4. The second-order valence-corrected chi connectivity index (χ2v) is 6.72. The van der Waals surface area contributed by atoms with Crippen LogP contribution in [0.1, 0.15) is 52.4 Å². The van der Waals surface area contributed by atoms with Gasteiger partial charge in [0.05, 0.1) is 0 Å². The number of carbonyl (C=O) groups is 2. The molecule has 1 aliphatic rings. The molecule has 0 aromatic rings. The fourth-order valence-corrected chi connectivity index (χ4v) is 3.16. The molecule has 0 radical (unpaired) electrons. The lowest BCUT2D eigenvalue weighted by Crippen LogP contribution is -2.41. The van der Waals surface area contributed by atoms with Crippen molar-refractivity contribution in [2.24, 2.45) is 23.5 Å². The Morgan fingerprint density at radius 3 is 2.67 bits per heavy atom. The largest absolute Gasteiger partial charge is 0.481 e. The Labute approximate surface area is 127 Å². The molecule has 0 aliphatic carbocycles. The number of likely N-dealkylation sites (tertiary alicyclic amines) is 1. The summed E-state index contributed by atoms with van der Waals surface area (Å²) in [6, 6.07) is 0. The molecular formula is C16H30N2O3. The summed E-state index contributed by atoms with van der Waals surface area (Å²) in [4.78, 5) is 25.0. The van der Waals surface area contributed by atoms with Crippen LogP contribution in [-0.4, -0.2) is 41.5 Å². The van der Waals surface area contributed by atoms with Gasteiger partial charge in [-0.05, 0) is 50.0 Å². The molecule has 5 nitrogen and oxygen atoms in total. The number of nitrogens with zero attached hydrogens (tertiary/aromatic N) is 1. The lowest BCUT2D eigenvalue weighted by molar-refractivity contribution is -0.137. The molecular weight excluding hydrogens is 268 g/mol. The third kappa shape index (κ3) is 6.93. The molecule has 0 saturated carbocycles. The molecule has 21 heavy (non-hydrogen) atoms. The van der Waals surface area contributed by atoms with Crippen molar-refractivity contribution in [1.82, 2.24) is 4.90 Å². The van der Waals surface area contributed by atoms with Crippen LogP contribution in [0.5, 0.6) is 0 Å². The molecule has 1 amide bonds. The van der Waals surface area contributed by atoms with Gasteiger partial charge in [0, 0.05) is 25.9 Å². The molecule has 1 fully saturated rings. The minimum absolute atomic E-state index is 0.186. The number of amides is 1. The van der Waals surface area contributed by atoms with Gasteiger partial charge in [0.1, 0.15) is 0 Å². The van der Waals surface area contributed by atoms with Crippen LogP contribution >= 0.6 is 0 Å². The highest BCUT2D eigenvalue weighted by atomic mass is 16.4. The van der Waals surface area contributed by atoms with Gasteiger partial charge >= 0.3 is 5.97 Å². The molecule has 1 heterocycles. The molecule has 0 aromatic heterocycles. The molecule has 1 saturated heterocycles. The van der Waals surface area contributed by atoms with E-state index in [1.165, 1.54) is 0 Å². The van der Waals surface area contributed by atoms with Crippen LogP contribution in [-0.2, 0) is 9.59 Å². The van der Waals surface area contributed by atoms with E-state index in [9.17, 15) is 9.59 Å². The Morgan fingerprint density at radius 1 is 1.38 bits per heavy atom. The average Bonchev–Trinajstić information content (AvgIpc) is 2.44. The zero-order chi connectivity index (χ0) is 15.8. The summed E-state index contributed by atoms with van der Waals surface area (Å²) < 4.78 is 0. The first-order valence-corrected chi connectivity index (χ1v) is 8.12. The second-order valence-electron chi connectivity index (χ2n) is 6.72. The van der Waals surface area contributed by atoms with Crippen molar-refractivity contribution in [3.05, 3.63) is 0 Å². The van der Waals surface area contributed by atoms with Gasteiger partial charge in [-0.3, -0.25) is 9.59 Å². The number of hydrogen-bond acceptors (Lipinski definition) is 3. The lowest BCUT2D eigenvalue weighted by Gasteiger charge is -2.33. The van der Waals surface area contributed by atoms with Crippen molar-refractivity contribution >= 4 is 11.9 Å². The predicted octanol–water partition coefficient (Wildman–Crippen LogP) is 2.10. The lowest BCUT2D eigenvalue weighted by atomic mass is 9.91. The highest BCUT2D eigenvalue weighted by Crippen LogP contribution is 2.23. The third-order valence-electron chi connectivity index (χ3n) is 4.24. The van der Waals surface area contributed by atoms with Crippen molar-refractivity contribution in [2.45, 2.75) is 52.4 Å². The van der Waals surface area contributed by atoms with Crippen LogP contribution in [0, 0.1) is 17.8 Å². The van der Waals surface area contributed by atoms with Crippen LogP contribution in [0.3, 0.4) is 0 Å². The third-order valence-corrected chi connectivity index (χ3v) is 4.24. The average molecular weight is 298 g/mol. The summed E-state index contributed by atoms with van der Waals surface area (Å²) in [6.07, 6.45) is 4.40. The molecule has 2 atom stereocenters. The van der Waals surface area contributed by atoms with Gasteiger partial charge in [0.25, 0.3) is 0 Å². The number of aliphatic carboxylic acids is 1. The van der Waals surface area contributed by atoms with Gasteiger partial charge in [-0.2, -0.15) is 0 Å². The van der Waals surface area contributed by atoms with E-state index in [0.717, 1.165) is 25.8 Å². The van der Waals surface area contributed by atoms with Gasteiger partial charge in [0.2, 0.25) is 5.91 Å². The van der Waals surface area contributed by atoms with E-state index in [4.69, 9.17) is 10.8 Å². The quantitative estimate of drug-likeness (QED) is 0.719. The van der Waals surface area contributed by atoms with Crippen molar-refractivity contribution < 1.29 is 14.7 Å². The zero-order valence-electron chi connectivity index (χ0n) is 13.4. The molecule has 1 aliphatic heterocycles. The van der Waals surface area contributed by atoms with Crippen molar-refractivity contribution in [2.75, 3.05) is 19.6 Å². The van der Waals surface area contributed by atoms with Gasteiger partial charge in [-0.15, -0.1) is 0 Å². The fourth-order valence-electron chi connectivity index (χ4n) is 3.16. The summed E-state index contributed by atoms with van der Waals surface area (Å²) >= 11 is 0. The number of nitrogens with two attached hydrogens (primary N) is 1. The van der Waals surface area contributed by atoms with Gasteiger partial charge in [-0.1, -0.05) is 13.8 Å². The Morgan fingerprint density at radius 2 is 2.10 bits per heavy atom. The van der Waals surface area contributed by atoms with E-state index >= 15 is 0 Å². The van der Waals surface area contributed by atoms with Crippen molar-refractivity contribution in [3.63, 3.8) is 0 Å². The Kier molecular flexibility index (Phi) is 7.72. The molecule has 122 valence electrons. The fraction of sp³-hybridized carbons (Fsp3) is 0.875. The number of carboxylic acid groups (broad SMARTS) is 1. The number of piperidine rings is 1. The number of hydrogen-bond donors (Lipinski definition) is 2. The first-order valence-electron chi connectivity index (χ1n) is 8.12. The van der Waals surface area contributed by atoms with Crippen LogP contribution in [0.4, 0.5) is 0 Å². The normalized spacial score (nSPS) is 20.6. The molecule has 1 rings (SSSR count). The van der Waals surface area contributed by atoms with Crippen LogP contribution in [0.2, 0.25) is 0 Å². The minimum Gasteiger partial charge on any atom is -0.481 e. The van der Waals surface area contributed by atoms with E-state index < -0.39 is 5.97 Å². The summed E-state index contributed by atoms with van der Waals surface area (Å²) in [7, 11) is 0. The summed E-state index contributed by atoms with van der Waals surface area (Å²) in [5.74, 6) is 0.581. The molecule has 0 bridgehead atoms. The van der Waals surface area contributed by atoms with Gasteiger partial charge in [0.15, 0.2) is 0 Å². The smallest absolute Gasteiger partial charge is 0.303 e. The van der Waals surface area contributed by atoms with E-state index in [1.807, 2.05) is 4.90 Å². The molecule has 3 N–H and O–H groups in total. The maximum atomic E-state index is 12.4. The second kappa shape index (κ2) is 9.03. The van der Waals surface area contributed by atoms with Crippen molar-refractivity contribution in [1.29, 1.82) is 0 Å². The SMILES string of the molecule is CC(C)C[C@H](CN)CC(=O)N1CCCC(CCC(=O)O)C1. The maximum Gasteiger partial charge on any atom is 0.303 e. The van der Waals surface area contributed by atoms with E-state index in [-0.39, 0.29) is 18.2 Å². The van der Waals surface area contributed by atoms with E-state index in [2.05, 4.69) is 13.8 Å². The van der Waals surface area contributed by atoms with Crippen LogP contribution in [0.15, 0.2) is 0 Å². The van der Waals surface area contributed by atoms with Gasteiger partial charge in [-0.25, -0.2) is 0 Å². The first-order chi connectivity index (χ1) is 9.92. The van der Waals surface area contributed by atoms with E-state index in [0.29, 0.717) is 37.8 Å². The molecule has 0 spiro atoms. The summed E-state index contributed by atoms with van der Waals surface area (Å²) in [5, 5.41) is 8.76. The summed E-state index contributed by atoms with van der Waals surface area (Å²) in [5.41, 5.74) is 5.77. The zero-order valence-corrected chi connectivity index (χ0v) is 13.4. The number of rotatable bonds is 8. The highest BCUT2D eigenvalue weighted by molar-refractivity contribution is 5.76. The van der Waals surface area contributed by atoms with E-state index in [1.54, 1.807) is 0 Å². The standard InChI is InChI=1S/C16H30N2O3/c1-12(2)8-14(10-17)9-15(19)18-7-3-4-13(11-18)5-6-16(20)21/h12-14H,3-11,17H2,1-2H3,(H,20,21)/t13?,14-/m0/s1. The monoisotopic (exact) mass is 298 g/mol. The van der Waals surface area contributed by atoms with Crippen LogP contribution < -0.4 is 5.73 Å². The minimum atomic E-state index is -0.751. The Balaban J connectivity index is 2.43. The first kappa shape index (κ1) is 18.0. The number of carbonyl (C=O) groups excluding carboxylic acids is 1. The van der Waals surface area contributed by atoms with Gasteiger partial charge < -0.3 is 15.7 Å². The van der Waals surface area contributed by atoms with Crippen LogP contribution in [0.25, 0.3) is 0 Å². The highest BCUT2D eigenvalue weighted by Gasteiger charge is 2.25. The van der Waals surface area contributed by atoms with Crippen molar-refractivity contribution in [3.8, 4) is 0 Å². The topological polar surface area (TPSA) is 83.6 Å². The molecule has 1 unspecified atom stereocenters. The Bertz CT molecular complexity index is 344.